The monoisotopic (exact) mass is 401 g/mol. The van der Waals surface area contributed by atoms with Gasteiger partial charge in [0, 0.05) is 31.0 Å². The summed E-state index contributed by atoms with van der Waals surface area (Å²) in [6, 6.07) is 15.4. The molecule has 1 aliphatic heterocycles. The maximum Gasteiger partial charge on any atom is 0.246 e. The quantitative estimate of drug-likeness (QED) is 0.775. The lowest BCUT2D eigenvalue weighted by Crippen LogP contribution is -2.38. The summed E-state index contributed by atoms with van der Waals surface area (Å²) < 4.78 is 25.9. The third-order valence-electron chi connectivity index (χ3n) is 5.10. The summed E-state index contributed by atoms with van der Waals surface area (Å²) in [6.07, 6.45) is 0.641. The minimum atomic E-state index is -3.20. The van der Waals surface area contributed by atoms with E-state index in [1.807, 2.05) is 55.5 Å². The second-order valence-corrected chi connectivity index (χ2v) is 9.01. The molecule has 28 heavy (non-hydrogen) atoms. The number of rotatable bonds is 7. The van der Waals surface area contributed by atoms with E-state index < -0.39 is 10.0 Å². The third-order valence-corrected chi connectivity index (χ3v) is 6.93. The molecule has 1 N–H and O–H groups in total. The van der Waals surface area contributed by atoms with Gasteiger partial charge in [-0.2, -0.15) is 4.31 Å². The molecule has 7 heteroatoms. The number of anilines is 2. The average molecular weight is 402 g/mol. The van der Waals surface area contributed by atoms with E-state index >= 15 is 0 Å². The Morgan fingerprint density at radius 2 is 1.86 bits per heavy atom. The van der Waals surface area contributed by atoms with Crippen LogP contribution in [0.5, 0.6) is 0 Å². The predicted octanol–water partition coefficient (Wildman–Crippen LogP) is 2.86. The number of benzene rings is 2. The van der Waals surface area contributed by atoms with Crippen LogP contribution in [0.4, 0.5) is 11.4 Å². The maximum atomic E-state index is 12.7. The van der Waals surface area contributed by atoms with Gasteiger partial charge in [0.1, 0.15) is 0 Å². The normalized spacial score (nSPS) is 14.4. The van der Waals surface area contributed by atoms with Crippen LogP contribution in [0, 0.1) is 0 Å². The van der Waals surface area contributed by atoms with Crippen molar-refractivity contribution in [1.29, 1.82) is 0 Å². The Morgan fingerprint density at radius 3 is 2.54 bits per heavy atom. The lowest BCUT2D eigenvalue weighted by molar-refractivity contribution is -0.116. The van der Waals surface area contributed by atoms with Gasteiger partial charge in [-0.1, -0.05) is 30.3 Å². The Kier molecular flexibility index (Phi) is 6.36. The Bertz CT molecular complexity index is 929. The van der Waals surface area contributed by atoms with E-state index in [2.05, 4.69) is 5.32 Å². The molecule has 2 aromatic carbocycles. The first kappa shape index (κ1) is 20.4. The Balaban J connectivity index is 1.71. The molecule has 1 heterocycles. The molecular weight excluding hydrogens is 374 g/mol. The van der Waals surface area contributed by atoms with Crippen molar-refractivity contribution in [2.45, 2.75) is 26.8 Å². The highest BCUT2D eigenvalue weighted by Crippen LogP contribution is 2.27. The van der Waals surface area contributed by atoms with E-state index in [0.717, 1.165) is 22.5 Å². The van der Waals surface area contributed by atoms with Crippen LogP contribution in [-0.4, -0.2) is 44.0 Å². The van der Waals surface area contributed by atoms with Gasteiger partial charge in [-0.25, -0.2) is 8.42 Å². The summed E-state index contributed by atoms with van der Waals surface area (Å²) in [5.41, 5.74) is 3.88. The molecule has 0 bridgehead atoms. The molecule has 0 aromatic heterocycles. The van der Waals surface area contributed by atoms with Crippen LogP contribution in [0.2, 0.25) is 0 Å². The summed E-state index contributed by atoms with van der Waals surface area (Å²) in [6.45, 7) is 5.27. The molecule has 3 rings (SSSR count). The zero-order chi connectivity index (χ0) is 20.1. The number of hydrogen-bond donors (Lipinski definition) is 1. The number of sulfonamides is 1. The Morgan fingerprint density at radius 1 is 1.11 bits per heavy atom. The van der Waals surface area contributed by atoms with Gasteiger partial charge in [-0.3, -0.25) is 4.79 Å². The number of hydrogen-bond acceptors (Lipinski definition) is 4. The lowest BCUT2D eigenvalue weighted by atomic mass is 9.99. The zero-order valence-corrected chi connectivity index (χ0v) is 17.2. The molecule has 0 spiro atoms. The number of carbonyl (C=O) groups excluding carboxylic acids is 1. The number of carbonyl (C=O) groups is 1. The van der Waals surface area contributed by atoms with Gasteiger partial charge in [-0.15, -0.1) is 0 Å². The highest BCUT2D eigenvalue weighted by Gasteiger charge is 2.26. The van der Waals surface area contributed by atoms with E-state index in [1.54, 1.807) is 16.1 Å². The van der Waals surface area contributed by atoms with E-state index in [-0.39, 0.29) is 18.2 Å². The number of nitrogens with zero attached hydrogens (tertiary/aromatic N) is 2. The summed E-state index contributed by atoms with van der Waals surface area (Å²) in [5.74, 6) is 0.110. The molecular formula is C21H27N3O3S. The number of para-hydroxylation sites is 1. The maximum absolute atomic E-state index is 12.7. The van der Waals surface area contributed by atoms with Crippen molar-refractivity contribution in [1.82, 2.24) is 4.31 Å². The summed E-state index contributed by atoms with van der Waals surface area (Å²) in [4.78, 5) is 14.5. The van der Waals surface area contributed by atoms with Crippen LogP contribution in [0.1, 0.15) is 25.0 Å². The van der Waals surface area contributed by atoms with Crippen molar-refractivity contribution in [2.24, 2.45) is 0 Å². The van der Waals surface area contributed by atoms with Crippen LogP contribution < -0.4 is 10.2 Å². The minimum Gasteiger partial charge on any atom is -0.376 e. The Labute approximate surface area is 167 Å². The van der Waals surface area contributed by atoms with Crippen LogP contribution in [0.25, 0.3) is 0 Å². The minimum absolute atomic E-state index is 0.00250. The first-order valence-corrected chi connectivity index (χ1v) is 11.2. The van der Waals surface area contributed by atoms with Crippen molar-refractivity contribution in [3.05, 3.63) is 59.7 Å². The second kappa shape index (κ2) is 8.75. The van der Waals surface area contributed by atoms with Gasteiger partial charge in [0.25, 0.3) is 0 Å². The van der Waals surface area contributed by atoms with Crippen molar-refractivity contribution >= 4 is 27.3 Å². The number of nitrogens with one attached hydrogen (secondary N) is 1. The van der Waals surface area contributed by atoms with Crippen LogP contribution in [0.3, 0.4) is 0 Å². The van der Waals surface area contributed by atoms with Gasteiger partial charge >= 0.3 is 0 Å². The summed E-state index contributed by atoms with van der Waals surface area (Å²) in [7, 11) is -3.20. The zero-order valence-electron chi connectivity index (χ0n) is 16.4. The molecule has 0 radical (unpaired) electrons. The van der Waals surface area contributed by atoms with Gasteiger partial charge < -0.3 is 10.2 Å². The van der Waals surface area contributed by atoms with Crippen molar-refractivity contribution in [3.63, 3.8) is 0 Å². The molecule has 6 nitrogen and oxygen atoms in total. The van der Waals surface area contributed by atoms with Crippen molar-refractivity contribution < 1.29 is 13.2 Å². The topological polar surface area (TPSA) is 69.7 Å². The van der Waals surface area contributed by atoms with E-state index in [4.69, 9.17) is 0 Å². The fraction of sp³-hybridized carbons (Fsp3) is 0.381. The van der Waals surface area contributed by atoms with Crippen LogP contribution in [-0.2, 0) is 27.8 Å². The molecule has 150 valence electrons. The number of likely N-dealkylation sites (N-methyl/N-ethyl adjacent to an activating group) is 1. The molecule has 1 amide bonds. The summed E-state index contributed by atoms with van der Waals surface area (Å²) in [5, 5.41) is 3.27. The van der Waals surface area contributed by atoms with Crippen molar-refractivity contribution in [3.8, 4) is 0 Å². The lowest BCUT2D eigenvalue weighted by Gasteiger charge is -2.29. The summed E-state index contributed by atoms with van der Waals surface area (Å²) >= 11 is 0. The molecule has 0 aliphatic carbocycles. The predicted molar refractivity (Wildman–Crippen MR) is 113 cm³/mol. The fourth-order valence-corrected chi connectivity index (χ4v) is 4.62. The van der Waals surface area contributed by atoms with Gasteiger partial charge in [0.2, 0.25) is 15.9 Å². The van der Waals surface area contributed by atoms with Gasteiger partial charge in [0.05, 0.1) is 12.3 Å². The second-order valence-electron chi connectivity index (χ2n) is 6.75. The van der Waals surface area contributed by atoms with Crippen LogP contribution in [0.15, 0.2) is 48.5 Å². The van der Waals surface area contributed by atoms with Crippen molar-refractivity contribution in [2.75, 3.05) is 35.6 Å². The van der Waals surface area contributed by atoms with Gasteiger partial charge in [-0.05, 0) is 49.6 Å². The highest BCUT2D eigenvalue weighted by molar-refractivity contribution is 7.89. The first-order chi connectivity index (χ1) is 13.5. The molecule has 0 unspecified atom stereocenters. The fourth-order valence-electron chi connectivity index (χ4n) is 3.55. The van der Waals surface area contributed by atoms with Crippen LogP contribution >= 0.6 is 0 Å². The van der Waals surface area contributed by atoms with Gasteiger partial charge in [0.15, 0.2) is 0 Å². The highest BCUT2D eigenvalue weighted by atomic mass is 32.2. The van der Waals surface area contributed by atoms with E-state index in [1.165, 1.54) is 0 Å². The molecule has 0 saturated heterocycles. The molecule has 2 aromatic rings. The number of fused-ring (bicyclic) bond motifs is 1. The smallest absolute Gasteiger partial charge is 0.246 e. The molecule has 0 fully saturated rings. The van der Waals surface area contributed by atoms with E-state index in [0.29, 0.717) is 26.1 Å². The largest absolute Gasteiger partial charge is 0.376 e. The standard InChI is InChI=1S/C21H27N3O3S/c1-3-24(18-10-6-5-7-11-18)21(25)15-22-20-12-8-9-17-16-23(14-13-19(17)20)28(26,27)4-2/h5-12,22H,3-4,13-16H2,1-2H3. The average Bonchev–Trinajstić information content (AvgIpc) is 2.73. The molecule has 0 saturated carbocycles. The molecule has 1 aliphatic rings. The van der Waals surface area contributed by atoms with E-state index in [9.17, 15) is 13.2 Å². The molecule has 0 atom stereocenters. The first-order valence-electron chi connectivity index (χ1n) is 9.64. The Hall–Kier alpha value is -2.38. The number of amides is 1. The third kappa shape index (κ3) is 4.36. The SMILES string of the molecule is CCN(C(=O)CNc1cccc2c1CCN(S(=O)(=O)CC)C2)c1ccccc1.